The zero-order chi connectivity index (χ0) is 11.9. The third-order valence-electron chi connectivity index (χ3n) is 2.68. The number of carboxylic acids is 1. The summed E-state index contributed by atoms with van der Waals surface area (Å²) >= 11 is 0. The Morgan fingerprint density at radius 2 is 2.06 bits per heavy atom. The number of hydrogen-bond donors (Lipinski definition) is 1. The Kier molecular flexibility index (Phi) is 2.45. The lowest BCUT2D eigenvalue weighted by Crippen LogP contribution is -2.18. The molecule has 1 saturated carbocycles. The first kappa shape index (κ1) is 11.0. The van der Waals surface area contributed by atoms with Crippen LogP contribution in [0.5, 0.6) is 0 Å². The van der Waals surface area contributed by atoms with Gasteiger partial charge in [-0.05, 0) is 12.8 Å². The zero-order valence-electron chi connectivity index (χ0n) is 9.82. The molecule has 1 heterocycles. The first-order valence-corrected chi connectivity index (χ1v) is 5.50. The maximum Gasteiger partial charge on any atom is 0.339 e. The van der Waals surface area contributed by atoms with E-state index in [-0.39, 0.29) is 11.0 Å². The Morgan fingerprint density at radius 3 is 2.50 bits per heavy atom. The predicted molar refractivity (Wildman–Crippen MR) is 59.7 cm³/mol. The molecule has 0 spiro atoms. The molecule has 0 amide bonds. The van der Waals surface area contributed by atoms with Crippen molar-refractivity contribution in [1.82, 2.24) is 9.97 Å². The van der Waals surface area contributed by atoms with Crippen molar-refractivity contribution in [3.8, 4) is 0 Å². The molecule has 0 unspecified atom stereocenters. The van der Waals surface area contributed by atoms with Crippen LogP contribution in [-0.2, 0) is 5.41 Å². The molecule has 4 nitrogen and oxygen atoms in total. The van der Waals surface area contributed by atoms with Crippen LogP contribution in [0, 0.1) is 0 Å². The fourth-order valence-corrected chi connectivity index (χ4v) is 1.59. The highest BCUT2D eigenvalue weighted by Crippen LogP contribution is 2.41. The van der Waals surface area contributed by atoms with Crippen molar-refractivity contribution in [3.63, 3.8) is 0 Å². The second-order valence-corrected chi connectivity index (χ2v) is 5.32. The van der Waals surface area contributed by atoms with Crippen LogP contribution in [0.2, 0.25) is 0 Å². The lowest BCUT2D eigenvalue weighted by molar-refractivity contribution is 0.0694. The summed E-state index contributed by atoms with van der Waals surface area (Å²) in [4.78, 5) is 19.6. The van der Waals surface area contributed by atoms with Gasteiger partial charge in [0.25, 0.3) is 0 Å². The van der Waals surface area contributed by atoms with E-state index < -0.39 is 5.97 Å². The van der Waals surface area contributed by atoms with E-state index in [1.165, 1.54) is 6.20 Å². The van der Waals surface area contributed by atoms with Crippen LogP contribution in [-0.4, -0.2) is 21.0 Å². The van der Waals surface area contributed by atoms with Crippen molar-refractivity contribution in [2.45, 2.75) is 44.9 Å². The molecule has 1 aliphatic rings. The molecule has 1 aromatic rings. The van der Waals surface area contributed by atoms with E-state index in [2.05, 4.69) is 9.97 Å². The van der Waals surface area contributed by atoms with E-state index in [1.54, 1.807) is 0 Å². The predicted octanol–water partition coefficient (Wildman–Crippen LogP) is 2.35. The minimum absolute atomic E-state index is 0.138. The average molecular weight is 220 g/mol. The fraction of sp³-hybridized carbons (Fsp3) is 0.583. The largest absolute Gasteiger partial charge is 0.478 e. The fourth-order valence-electron chi connectivity index (χ4n) is 1.59. The molecule has 2 rings (SSSR count). The van der Waals surface area contributed by atoms with E-state index in [4.69, 9.17) is 5.11 Å². The standard InChI is InChI=1S/C12H16N2O2/c1-12(2,3)11-13-6-8(10(15)16)9(14-11)7-4-5-7/h6-7H,4-5H2,1-3H3,(H,15,16). The van der Waals surface area contributed by atoms with E-state index in [1.807, 2.05) is 20.8 Å². The SMILES string of the molecule is CC(C)(C)c1ncc(C(=O)O)c(C2CC2)n1. The van der Waals surface area contributed by atoms with Crippen LogP contribution in [0.25, 0.3) is 0 Å². The Hall–Kier alpha value is -1.45. The van der Waals surface area contributed by atoms with Crippen molar-refractivity contribution in [2.24, 2.45) is 0 Å². The number of carboxylic acid groups (broad SMARTS) is 1. The van der Waals surface area contributed by atoms with E-state index >= 15 is 0 Å². The number of nitrogens with zero attached hydrogens (tertiary/aromatic N) is 2. The molecular formula is C12H16N2O2. The molecule has 0 bridgehead atoms. The number of aromatic nitrogens is 2. The number of hydrogen-bond acceptors (Lipinski definition) is 3. The summed E-state index contributed by atoms with van der Waals surface area (Å²) < 4.78 is 0. The van der Waals surface area contributed by atoms with Crippen LogP contribution < -0.4 is 0 Å². The minimum atomic E-state index is -0.928. The quantitative estimate of drug-likeness (QED) is 0.831. The van der Waals surface area contributed by atoms with Crippen molar-refractivity contribution >= 4 is 5.97 Å². The Bertz CT molecular complexity index is 431. The maximum atomic E-state index is 11.0. The van der Waals surface area contributed by atoms with Crippen molar-refractivity contribution in [1.29, 1.82) is 0 Å². The van der Waals surface area contributed by atoms with E-state index in [9.17, 15) is 4.79 Å². The molecule has 1 N–H and O–H groups in total. The van der Waals surface area contributed by atoms with Gasteiger partial charge in [0.2, 0.25) is 0 Å². The smallest absolute Gasteiger partial charge is 0.339 e. The topological polar surface area (TPSA) is 63.1 Å². The number of carbonyl (C=O) groups is 1. The van der Waals surface area contributed by atoms with Gasteiger partial charge in [-0.3, -0.25) is 0 Å². The molecule has 0 aliphatic heterocycles. The Labute approximate surface area is 94.7 Å². The Morgan fingerprint density at radius 1 is 1.44 bits per heavy atom. The first-order chi connectivity index (χ1) is 7.39. The second-order valence-electron chi connectivity index (χ2n) is 5.32. The lowest BCUT2D eigenvalue weighted by atomic mass is 9.95. The van der Waals surface area contributed by atoms with Crippen LogP contribution in [0.3, 0.4) is 0 Å². The molecule has 0 atom stereocenters. The maximum absolute atomic E-state index is 11.0. The molecule has 0 radical (unpaired) electrons. The van der Waals surface area contributed by atoms with Gasteiger partial charge in [-0.1, -0.05) is 20.8 Å². The summed E-state index contributed by atoms with van der Waals surface area (Å²) in [6, 6.07) is 0. The molecule has 1 fully saturated rings. The van der Waals surface area contributed by atoms with Crippen LogP contribution in [0.15, 0.2) is 6.20 Å². The lowest BCUT2D eigenvalue weighted by Gasteiger charge is -2.17. The van der Waals surface area contributed by atoms with Gasteiger partial charge in [0.15, 0.2) is 0 Å². The van der Waals surface area contributed by atoms with Crippen LogP contribution in [0.4, 0.5) is 0 Å². The third-order valence-corrected chi connectivity index (χ3v) is 2.68. The van der Waals surface area contributed by atoms with Crippen LogP contribution in [0.1, 0.15) is 61.4 Å². The number of rotatable bonds is 2. The highest BCUT2D eigenvalue weighted by atomic mass is 16.4. The van der Waals surface area contributed by atoms with Crippen LogP contribution >= 0.6 is 0 Å². The summed E-state index contributed by atoms with van der Waals surface area (Å²) in [5.41, 5.74) is 0.837. The normalized spacial score (nSPS) is 16.2. The first-order valence-electron chi connectivity index (χ1n) is 5.50. The Balaban J connectivity index is 2.48. The highest BCUT2D eigenvalue weighted by Gasteiger charge is 2.31. The number of aromatic carboxylic acids is 1. The van der Waals surface area contributed by atoms with Gasteiger partial charge >= 0.3 is 5.97 Å². The molecule has 0 aromatic carbocycles. The zero-order valence-corrected chi connectivity index (χ0v) is 9.82. The highest BCUT2D eigenvalue weighted by molar-refractivity contribution is 5.88. The monoisotopic (exact) mass is 220 g/mol. The summed E-state index contributed by atoms with van der Waals surface area (Å²) in [6.07, 6.45) is 3.53. The van der Waals surface area contributed by atoms with Gasteiger partial charge in [-0.25, -0.2) is 14.8 Å². The molecular weight excluding hydrogens is 204 g/mol. The van der Waals surface area contributed by atoms with Gasteiger partial charge in [0.05, 0.1) is 11.3 Å². The second kappa shape index (κ2) is 3.54. The molecule has 4 heteroatoms. The van der Waals surface area contributed by atoms with Crippen molar-refractivity contribution in [2.75, 3.05) is 0 Å². The summed E-state index contributed by atoms with van der Waals surface area (Å²) in [6.45, 7) is 6.08. The van der Waals surface area contributed by atoms with Gasteiger partial charge < -0.3 is 5.11 Å². The van der Waals surface area contributed by atoms with Gasteiger partial charge in [-0.15, -0.1) is 0 Å². The van der Waals surface area contributed by atoms with Gasteiger partial charge in [0.1, 0.15) is 5.82 Å². The van der Waals surface area contributed by atoms with Gasteiger partial charge in [-0.2, -0.15) is 0 Å². The summed E-state index contributed by atoms with van der Waals surface area (Å²) in [7, 11) is 0. The van der Waals surface area contributed by atoms with Gasteiger partial charge in [0, 0.05) is 17.5 Å². The summed E-state index contributed by atoms with van der Waals surface area (Å²) in [5.74, 6) is 0.122. The van der Waals surface area contributed by atoms with E-state index in [0.29, 0.717) is 11.6 Å². The molecule has 1 aliphatic carbocycles. The molecule has 0 saturated heterocycles. The molecule has 1 aromatic heterocycles. The third kappa shape index (κ3) is 2.05. The van der Waals surface area contributed by atoms with E-state index in [0.717, 1.165) is 18.7 Å². The van der Waals surface area contributed by atoms with Crippen molar-refractivity contribution in [3.05, 3.63) is 23.3 Å². The molecule has 16 heavy (non-hydrogen) atoms. The summed E-state index contributed by atoms with van der Waals surface area (Å²) in [5, 5.41) is 9.06. The van der Waals surface area contributed by atoms with Crippen molar-refractivity contribution < 1.29 is 9.90 Å². The average Bonchev–Trinajstić information content (AvgIpc) is 2.98. The minimum Gasteiger partial charge on any atom is -0.478 e. The molecule has 86 valence electrons.